The van der Waals surface area contributed by atoms with Crippen molar-refractivity contribution in [3.8, 4) is 39.4 Å². The van der Waals surface area contributed by atoms with Crippen molar-refractivity contribution >= 4 is 49.6 Å². The smallest absolute Gasteiger partial charge is 0.269 e. The molecule has 6 nitrogen and oxygen atoms in total. The number of anilines is 2. The number of pyridine rings is 1. The van der Waals surface area contributed by atoms with Crippen LogP contribution in [0.4, 0.5) is 10.8 Å². The number of carbonyl (C=O) groups excluding carboxylic acids is 1. The van der Waals surface area contributed by atoms with Gasteiger partial charge in [-0.1, -0.05) is 72.8 Å². The third-order valence-corrected chi connectivity index (χ3v) is 8.02. The highest BCUT2D eigenvalue weighted by Crippen LogP contribution is 2.42. The fourth-order valence-corrected chi connectivity index (χ4v) is 6.08. The summed E-state index contributed by atoms with van der Waals surface area (Å²) >= 11 is 2.64. The Balaban J connectivity index is 1.40. The van der Waals surface area contributed by atoms with Crippen LogP contribution in [0.3, 0.4) is 0 Å². The van der Waals surface area contributed by atoms with Gasteiger partial charge in [0.05, 0.1) is 24.2 Å². The van der Waals surface area contributed by atoms with Crippen molar-refractivity contribution in [3.05, 3.63) is 101 Å². The second-order valence-corrected chi connectivity index (χ2v) is 10.4. The molecule has 0 unspecified atom stereocenters. The van der Waals surface area contributed by atoms with Crippen LogP contribution in [-0.4, -0.2) is 23.0 Å². The zero-order chi connectivity index (χ0) is 26.1. The minimum Gasteiger partial charge on any atom is -0.496 e. The fourth-order valence-electron chi connectivity index (χ4n) is 4.36. The van der Waals surface area contributed by atoms with Crippen LogP contribution in [-0.2, 0) is 0 Å². The number of methoxy groups -OCH3 is 1. The number of fused-ring (bicyclic) bond motifs is 1. The Morgan fingerprint density at radius 1 is 0.842 bits per heavy atom. The highest BCUT2D eigenvalue weighted by Gasteiger charge is 2.22. The molecule has 6 rings (SSSR count). The summed E-state index contributed by atoms with van der Waals surface area (Å²) in [6, 6.07) is 29.7. The predicted molar refractivity (Wildman–Crippen MR) is 157 cm³/mol. The number of nitrogens with two attached hydrogens (primary N) is 1. The van der Waals surface area contributed by atoms with Crippen LogP contribution in [0.1, 0.15) is 9.67 Å². The summed E-state index contributed by atoms with van der Waals surface area (Å²) in [6.07, 6.45) is 0. The molecule has 0 radical (unpaired) electrons. The number of aromatic nitrogens is 2. The molecular formula is C30H22N4O2S2. The number of para-hydroxylation sites is 1. The van der Waals surface area contributed by atoms with Crippen molar-refractivity contribution in [3.63, 3.8) is 0 Å². The molecule has 3 heterocycles. The largest absolute Gasteiger partial charge is 0.496 e. The number of carbonyl (C=O) groups is 1. The molecule has 0 fully saturated rings. The maximum Gasteiger partial charge on any atom is 0.269 e. The van der Waals surface area contributed by atoms with Gasteiger partial charge < -0.3 is 10.5 Å². The van der Waals surface area contributed by atoms with Crippen LogP contribution in [0.15, 0.2) is 96.4 Å². The van der Waals surface area contributed by atoms with Crippen molar-refractivity contribution in [2.45, 2.75) is 0 Å². The molecule has 3 aromatic carbocycles. The number of amides is 1. The zero-order valence-electron chi connectivity index (χ0n) is 20.3. The first kappa shape index (κ1) is 23.8. The van der Waals surface area contributed by atoms with Crippen LogP contribution in [0, 0.1) is 0 Å². The van der Waals surface area contributed by atoms with E-state index in [0.717, 1.165) is 44.8 Å². The molecule has 0 saturated heterocycles. The highest BCUT2D eigenvalue weighted by molar-refractivity contribution is 7.21. The lowest BCUT2D eigenvalue weighted by molar-refractivity contribution is 0.103. The molecule has 186 valence electrons. The van der Waals surface area contributed by atoms with Crippen molar-refractivity contribution in [2.75, 3.05) is 18.2 Å². The Bertz CT molecular complexity index is 1760. The molecule has 0 aliphatic rings. The molecule has 0 saturated carbocycles. The lowest BCUT2D eigenvalue weighted by Gasteiger charge is -2.09. The monoisotopic (exact) mass is 534 g/mol. The van der Waals surface area contributed by atoms with E-state index in [1.54, 1.807) is 7.11 Å². The molecule has 1 amide bonds. The lowest BCUT2D eigenvalue weighted by Crippen LogP contribution is -2.11. The van der Waals surface area contributed by atoms with Crippen molar-refractivity contribution < 1.29 is 9.53 Å². The number of ether oxygens (including phenoxy) is 1. The Labute approximate surface area is 227 Å². The van der Waals surface area contributed by atoms with Gasteiger partial charge in [0.2, 0.25) is 0 Å². The maximum atomic E-state index is 13.4. The topological polar surface area (TPSA) is 90.1 Å². The molecule has 3 aromatic heterocycles. The van der Waals surface area contributed by atoms with Gasteiger partial charge in [0.15, 0.2) is 5.13 Å². The molecule has 0 atom stereocenters. The highest BCUT2D eigenvalue weighted by atomic mass is 32.1. The number of nitrogens with zero attached hydrogens (tertiary/aromatic N) is 2. The van der Waals surface area contributed by atoms with Gasteiger partial charge >= 0.3 is 0 Å². The minimum atomic E-state index is -0.313. The van der Waals surface area contributed by atoms with Crippen molar-refractivity contribution in [1.82, 2.24) is 9.97 Å². The average Bonchev–Trinajstić information content (AvgIpc) is 3.57. The van der Waals surface area contributed by atoms with Crippen molar-refractivity contribution in [2.24, 2.45) is 0 Å². The Hall–Kier alpha value is -4.53. The van der Waals surface area contributed by atoms with Gasteiger partial charge in [0, 0.05) is 21.9 Å². The first-order chi connectivity index (χ1) is 18.6. The standard InChI is InChI=1S/C30H22N4O2S2/c1-36-24-15-9-8-14-20(24)23-17-37-30(33-23)34-28(35)27-26(31)25-21(18-10-4-2-5-11-18)16-22(32-29(25)38-27)19-12-6-3-7-13-19/h2-17H,31H2,1H3,(H,33,34,35). The first-order valence-electron chi connectivity index (χ1n) is 11.9. The fraction of sp³-hybridized carbons (Fsp3) is 0.0333. The SMILES string of the molecule is COc1ccccc1-c1csc(NC(=O)c2sc3nc(-c4ccccc4)cc(-c4ccccc4)c3c2N)n1. The van der Waals surface area contributed by atoms with Crippen LogP contribution < -0.4 is 15.8 Å². The van der Waals surface area contributed by atoms with Gasteiger partial charge in [0.1, 0.15) is 15.5 Å². The molecule has 0 spiro atoms. The number of nitrogens with one attached hydrogen (secondary N) is 1. The summed E-state index contributed by atoms with van der Waals surface area (Å²) in [7, 11) is 1.62. The van der Waals surface area contributed by atoms with Crippen LogP contribution >= 0.6 is 22.7 Å². The zero-order valence-corrected chi connectivity index (χ0v) is 22.0. The van der Waals surface area contributed by atoms with E-state index in [1.807, 2.05) is 96.4 Å². The molecular weight excluding hydrogens is 512 g/mol. The van der Waals surface area contributed by atoms with Gasteiger partial charge in [-0.2, -0.15) is 0 Å². The number of benzene rings is 3. The van der Waals surface area contributed by atoms with Gasteiger partial charge in [0.25, 0.3) is 5.91 Å². The quantitative estimate of drug-likeness (QED) is 0.230. The van der Waals surface area contributed by atoms with E-state index in [4.69, 9.17) is 15.5 Å². The van der Waals surface area contributed by atoms with E-state index in [2.05, 4.69) is 10.3 Å². The van der Waals surface area contributed by atoms with Crippen LogP contribution in [0.25, 0.3) is 43.9 Å². The Morgan fingerprint density at radius 3 is 2.26 bits per heavy atom. The van der Waals surface area contributed by atoms with E-state index in [0.29, 0.717) is 20.5 Å². The molecule has 6 aromatic rings. The van der Waals surface area contributed by atoms with Crippen LogP contribution in [0.2, 0.25) is 0 Å². The van der Waals surface area contributed by atoms with E-state index in [9.17, 15) is 4.79 Å². The Kier molecular flexibility index (Phi) is 6.33. The number of hydrogen-bond acceptors (Lipinski definition) is 7. The molecule has 3 N–H and O–H groups in total. The summed E-state index contributed by atoms with van der Waals surface area (Å²) in [4.78, 5) is 24.0. The summed E-state index contributed by atoms with van der Waals surface area (Å²) in [6.45, 7) is 0. The first-order valence-corrected chi connectivity index (χ1v) is 13.6. The summed E-state index contributed by atoms with van der Waals surface area (Å²) < 4.78 is 5.45. The third-order valence-electron chi connectivity index (χ3n) is 6.17. The molecule has 38 heavy (non-hydrogen) atoms. The summed E-state index contributed by atoms with van der Waals surface area (Å²) in [5.74, 6) is 0.407. The average molecular weight is 535 g/mol. The molecule has 0 aliphatic carbocycles. The second kappa shape index (κ2) is 10.1. The lowest BCUT2D eigenvalue weighted by atomic mass is 9.99. The van der Waals surface area contributed by atoms with E-state index >= 15 is 0 Å². The van der Waals surface area contributed by atoms with Gasteiger partial charge in [-0.25, -0.2) is 9.97 Å². The maximum absolute atomic E-state index is 13.4. The van der Waals surface area contributed by atoms with Gasteiger partial charge in [-0.15, -0.1) is 22.7 Å². The summed E-state index contributed by atoms with van der Waals surface area (Å²) in [5, 5.41) is 6.07. The number of thiazole rings is 1. The summed E-state index contributed by atoms with van der Waals surface area (Å²) in [5.41, 5.74) is 12.4. The number of thiophene rings is 1. The minimum absolute atomic E-state index is 0.313. The van der Waals surface area contributed by atoms with Gasteiger partial charge in [-0.3, -0.25) is 10.1 Å². The van der Waals surface area contributed by atoms with Gasteiger partial charge in [-0.05, 0) is 29.3 Å². The van der Waals surface area contributed by atoms with Crippen molar-refractivity contribution in [1.29, 1.82) is 0 Å². The Morgan fingerprint density at radius 2 is 1.53 bits per heavy atom. The number of nitrogen functional groups attached to an aromatic ring is 1. The third kappa shape index (κ3) is 4.40. The van der Waals surface area contributed by atoms with Crippen LogP contribution in [0.5, 0.6) is 5.75 Å². The number of hydrogen-bond donors (Lipinski definition) is 2. The molecule has 0 bridgehead atoms. The molecule has 8 heteroatoms. The second-order valence-electron chi connectivity index (χ2n) is 8.50. The normalized spacial score (nSPS) is 11.0. The molecule has 0 aliphatic heterocycles. The van der Waals surface area contributed by atoms with E-state index in [-0.39, 0.29) is 5.91 Å². The predicted octanol–water partition coefficient (Wildman–Crippen LogP) is 7.60. The van der Waals surface area contributed by atoms with E-state index < -0.39 is 0 Å². The van der Waals surface area contributed by atoms with E-state index in [1.165, 1.54) is 22.7 Å². The number of rotatable bonds is 6.